The van der Waals surface area contributed by atoms with Gasteiger partial charge in [-0.3, -0.25) is 0 Å². The number of pyridine rings is 1. The average molecular weight is 948 g/mol. The van der Waals surface area contributed by atoms with Crippen LogP contribution in [-0.4, -0.2) is 12.6 Å². The summed E-state index contributed by atoms with van der Waals surface area (Å²) >= 11 is 0. The van der Waals surface area contributed by atoms with Crippen molar-refractivity contribution in [2.24, 2.45) is 0 Å². The van der Waals surface area contributed by atoms with E-state index in [4.69, 9.17) is 4.42 Å². The zero-order valence-electron chi connectivity index (χ0n) is 40.8. The lowest BCUT2D eigenvalue weighted by atomic mass is 9.87. The molecule has 0 radical (unpaired) electrons. The lowest BCUT2D eigenvalue weighted by molar-refractivity contribution is -0.944. The van der Waals surface area contributed by atoms with Gasteiger partial charge in [-0.2, -0.15) is 4.57 Å². The fraction of sp³-hybridized carbons (Fsp3) is 0.0909. The van der Waals surface area contributed by atoms with Crippen LogP contribution < -0.4 is 14.3 Å². The SMILES string of the molecule is Cc1ccc(-c2ccc3oc4c5c(ccc4c3c2)C2(c3cc(-c4ccccc4)ccc3-c3cc(C)c([Si](C)(C)C)c[n+]32)[n+]2c-5n(-c3cc(-c4ccccc4)ccc3-c3ccccc3)c3c(F)cccc32)cc1. The van der Waals surface area contributed by atoms with Crippen LogP contribution in [0.5, 0.6) is 0 Å². The Kier molecular flexibility index (Phi) is 9.15. The lowest BCUT2D eigenvalue weighted by Gasteiger charge is -2.23. The largest absolute Gasteiger partial charge is 0.455 e. The maximum atomic E-state index is 17.9. The Bertz CT molecular complexity index is 4210. The van der Waals surface area contributed by atoms with E-state index in [2.05, 4.69) is 241 Å². The lowest BCUT2D eigenvalue weighted by Crippen LogP contribution is -2.72. The standard InChI is InChI=1S/C66H50FN3OSi/c1-41-24-26-45(27-25-41)47-30-35-60-53(37-47)51-33-34-54-62(64(51)71-60)65-69(59-39-49(44-18-11-7-12-19-44)28-31-50(59)46-20-13-8-14-21-46)63-56(67)22-15-23-57(63)70(65)66(54)55-38-48(43-16-9-6-10-17-43)29-32-52(55)58-36-42(2)61(40-68(58)66)72(3,4)5/h6-40H,1-5H3/q+2. The number of hydrogen-bond donors (Lipinski definition) is 0. The third-order valence-electron chi connectivity index (χ3n) is 15.5. The van der Waals surface area contributed by atoms with Gasteiger partial charge in [-0.1, -0.05) is 165 Å². The summed E-state index contributed by atoms with van der Waals surface area (Å²) in [7, 11) is -1.95. The minimum absolute atomic E-state index is 0.303. The predicted molar refractivity (Wildman–Crippen MR) is 294 cm³/mol. The highest BCUT2D eigenvalue weighted by Gasteiger charge is 2.67. The molecule has 1 unspecified atom stereocenters. The Morgan fingerprint density at radius 3 is 1.83 bits per heavy atom. The molecule has 1 atom stereocenters. The van der Waals surface area contributed by atoms with Gasteiger partial charge in [0.1, 0.15) is 16.8 Å². The first-order valence-corrected chi connectivity index (χ1v) is 28.4. The van der Waals surface area contributed by atoms with Gasteiger partial charge < -0.3 is 4.42 Å². The molecular weight excluding hydrogens is 898 g/mol. The molecule has 0 N–H and O–H groups in total. The minimum atomic E-state index is -1.95. The van der Waals surface area contributed by atoms with Crippen LogP contribution in [-0.2, 0) is 5.66 Å². The zero-order chi connectivity index (χ0) is 48.6. The van der Waals surface area contributed by atoms with E-state index in [1.54, 1.807) is 6.07 Å². The van der Waals surface area contributed by atoms with Gasteiger partial charge in [0.25, 0.3) is 0 Å². The van der Waals surface area contributed by atoms with E-state index in [0.29, 0.717) is 5.52 Å². The minimum Gasteiger partial charge on any atom is -0.455 e. The first-order valence-electron chi connectivity index (χ1n) is 24.9. The van der Waals surface area contributed by atoms with Crippen LogP contribution in [0.15, 0.2) is 217 Å². The van der Waals surface area contributed by atoms with Crippen LogP contribution in [0.25, 0.3) is 106 Å². The second kappa shape index (κ2) is 15.5. The Labute approximate surface area is 419 Å². The van der Waals surface area contributed by atoms with E-state index in [1.165, 1.54) is 16.3 Å². The molecule has 9 aromatic carbocycles. The number of aryl methyl sites for hydroxylation is 2. The molecule has 344 valence electrons. The van der Waals surface area contributed by atoms with Gasteiger partial charge in [-0.05, 0) is 119 Å². The van der Waals surface area contributed by atoms with E-state index in [-0.39, 0.29) is 5.82 Å². The number of halogens is 1. The van der Waals surface area contributed by atoms with Crippen molar-refractivity contribution < 1.29 is 17.9 Å². The number of fused-ring (bicyclic) bond motifs is 16. The molecule has 0 aliphatic carbocycles. The second-order valence-corrected chi connectivity index (χ2v) is 25.8. The van der Waals surface area contributed by atoms with Gasteiger partial charge in [-0.25, -0.2) is 4.39 Å². The first-order chi connectivity index (χ1) is 35.1. The zero-order valence-corrected chi connectivity index (χ0v) is 41.8. The summed E-state index contributed by atoms with van der Waals surface area (Å²) in [5, 5.41) is 3.42. The summed E-state index contributed by atoms with van der Waals surface area (Å²) in [4.78, 5) is 0. The van der Waals surface area contributed by atoms with Crippen molar-refractivity contribution in [3.05, 3.63) is 241 Å². The smallest absolute Gasteiger partial charge is 0.364 e. The topological polar surface area (TPSA) is 25.8 Å². The van der Waals surface area contributed by atoms with Crippen LogP contribution >= 0.6 is 0 Å². The molecule has 4 nitrogen and oxygen atoms in total. The quantitative estimate of drug-likeness (QED) is 0.120. The highest BCUT2D eigenvalue weighted by molar-refractivity contribution is 6.89. The van der Waals surface area contributed by atoms with Gasteiger partial charge in [-0.15, -0.1) is 9.13 Å². The molecule has 0 fully saturated rings. The van der Waals surface area contributed by atoms with Crippen molar-refractivity contribution in [2.45, 2.75) is 39.2 Å². The van der Waals surface area contributed by atoms with Crippen LogP contribution in [0.1, 0.15) is 22.3 Å². The maximum absolute atomic E-state index is 17.9. The summed E-state index contributed by atoms with van der Waals surface area (Å²) in [5.74, 6) is 0.547. The van der Waals surface area contributed by atoms with Crippen molar-refractivity contribution in [3.63, 3.8) is 0 Å². The van der Waals surface area contributed by atoms with E-state index in [9.17, 15) is 0 Å². The van der Waals surface area contributed by atoms with Gasteiger partial charge in [0.2, 0.25) is 11.2 Å². The van der Waals surface area contributed by atoms with Crippen LogP contribution in [0.2, 0.25) is 19.6 Å². The molecule has 0 saturated heterocycles. The van der Waals surface area contributed by atoms with Crippen molar-refractivity contribution >= 4 is 46.2 Å². The van der Waals surface area contributed by atoms with Gasteiger partial charge in [0, 0.05) is 27.6 Å². The van der Waals surface area contributed by atoms with Crippen LogP contribution in [0.3, 0.4) is 0 Å². The molecule has 0 saturated carbocycles. The number of imidazole rings is 1. The Balaban J connectivity index is 1.20. The fourth-order valence-electron chi connectivity index (χ4n) is 12.2. The molecule has 6 heteroatoms. The van der Waals surface area contributed by atoms with Crippen LogP contribution in [0, 0.1) is 19.7 Å². The molecule has 2 aliphatic rings. The first kappa shape index (κ1) is 42.4. The van der Waals surface area contributed by atoms with Gasteiger partial charge in [0.15, 0.2) is 23.1 Å². The third-order valence-corrected chi connectivity index (χ3v) is 17.6. The number of furan rings is 1. The van der Waals surface area contributed by atoms with Crippen LogP contribution in [0.4, 0.5) is 4.39 Å². The summed E-state index contributed by atoms with van der Waals surface area (Å²) in [6.07, 6.45) is 2.45. The molecule has 1 spiro atoms. The highest BCUT2D eigenvalue weighted by Crippen LogP contribution is 2.54. The summed E-state index contributed by atoms with van der Waals surface area (Å²) in [6, 6.07) is 73.2. The number of nitrogens with zero attached hydrogens (tertiary/aromatic N) is 3. The maximum Gasteiger partial charge on any atom is 0.364 e. The van der Waals surface area contributed by atoms with Gasteiger partial charge in [0.05, 0.1) is 24.8 Å². The van der Waals surface area contributed by atoms with Gasteiger partial charge >= 0.3 is 11.5 Å². The molecular formula is C66H50FN3OSi+2. The molecule has 2 aliphatic heterocycles. The highest BCUT2D eigenvalue weighted by atomic mass is 28.3. The van der Waals surface area contributed by atoms with Crippen molar-refractivity contribution in [3.8, 4) is 72.8 Å². The van der Waals surface area contributed by atoms with Crippen molar-refractivity contribution in [2.75, 3.05) is 0 Å². The fourth-order valence-corrected chi connectivity index (χ4v) is 14.0. The average Bonchev–Trinajstić information content (AvgIpc) is 4.12. The Morgan fingerprint density at radius 2 is 1.14 bits per heavy atom. The number of benzene rings is 9. The molecule has 12 aromatic rings. The number of para-hydroxylation sites is 1. The molecule has 14 rings (SSSR count). The van der Waals surface area contributed by atoms with Crippen molar-refractivity contribution in [1.82, 2.24) is 4.57 Å². The monoisotopic (exact) mass is 947 g/mol. The number of rotatable bonds is 6. The Morgan fingerprint density at radius 1 is 0.528 bits per heavy atom. The van der Waals surface area contributed by atoms with E-state index >= 15 is 4.39 Å². The molecule has 0 amide bonds. The Hall–Kier alpha value is -8.45. The number of aromatic nitrogens is 3. The van der Waals surface area contributed by atoms with E-state index in [1.807, 2.05) is 12.1 Å². The number of hydrogen-bond acceptors (Lipinski definition) is 1. The third kappa shape index (κ3) is 6.02. The molecule has 5 heterocycles. The summed E-state index contributed by atoms with van der Waals surface area (Å²) in [5.41, 5.74) is 19.3. The van der Waals surface area contributed by atoms with Crippen molar-refractivity contribution in [1.29, 1.82) is 0 Å². The van der Waals surface area contributed by atoms with E-state index in [0.717, 1.165) is 111 Å². The normalized spacial score (nSPS) is 14.6. The molecule has 72 heavy (non-hydrogen) atoms. The second-order valence-electron chi connectivity index (χ2n) is 20.8. The summed E-state index contributed by atoms with van der Waals surface area (Å²) in [6.45, 7) is 11.7. The summed E-state index contributed by atoms with van der Waals surface area (Å²) < 4.78 is 32.5. The van der Waals surface area contributed by atoms with E-state index < -0.39 is 13.7 Å². The molecule has 0 bridgehead atoms. The predicted octanol–water partition coefficient (Wildman–Crippen LogP) is 15.3. The molecule has 3 aromatic heterocycles.